The molecule has 1 N–H and O–H groups in total. The van der Waals surface area contributed by atoms with Crippen LogP contribution in [0.5, 0.6) is 0 Å². The molecule has 0 aliphatic carbocycles. The number of hydrogen-bond donors (Lipinski definition) is 1. The Morgan fingerprint density at radius 1 is 0.900 bits per heavy atom. The first-order valence-corrected chi connectivity index (χ1v) is 11.5. The molecule has 3 rings (SSSR count). The van der Waals surface area contributed by atoms with E-state index >= 15 is 0 Å². The Kier molecular flexibility index (Phi) is 5.81. The van der Waals surface area contributed by atoms with Crippen molar-refractivity contribution < 1.29 is 30.0 Å². The number of hydrogen-bond acceptors (Lipinski definition) is 5. The molecule has 0 amide bonds. The molecule has 0 saturated heterocycles. The van der Waals surface area contributed by atoms with Crippen molar-refractivity contribution in [3.8, 4) is 11.3 Å². The quantitative estimate of drug-likeness (QED) is 0.612. The fraction of sp³-hybridized carbons (Fsp3) is 0.158. The van der Waals surface area contributed by atoms with Gasteiger partial charge in [0.1, 0.15) is 0 Å². The smallest absolute Gasteiger partial charge is 0.316 e. The first kappa shape index (κ1) is 22.1. The maximum Gasteiger partial charge on any atom is 0.501 e. The lowest BCUT2D eigenvalue weighted by molar-refractivity contribution is -0.0436. The molecule has 2 aromatic carbocycles. The molecule has 0 aliphatic heterocycles. The molecule has 11 heteroatoms. The molecular weight excluding hydrogens is 441 g/mol. The van der Waals surface area contributed by atoms with E-state index < -0.39 is 30.3 Å². The number of halogens is 3. The summed E-state index contributed by atoms with van der Waals surface area (Å²) in [6.07, 6.45) is 1.41. The topological polar surface area (TPSA) is 85.2 Å². The van der Waals surface area contributed by atoms with Gasteiger partial charge in [-0.15, -0.1) is 0 Å². The highest BCUT2D eigenvalue weighted by Gasteiger charge is 2.46. The van der Waals surface area contributed by atoms with Crippen LogP contribution in [0.2, 0.25) is 0 Å². The molecule has 6 nitrogen and oxygen atoms in total. The number of sulfone groups is 1. The van der Waals surface area contributed by atoms with Crippen LogP contribution in [0, 0.1) is 0 Å². The Labute approximate surface area is 171 Å². The van der Waals surface area contributed by atoms with E-state index in [2.05, 4.69) is 5.32 Å². The fourth-order valence-electron chi connectivity index (χ4n) is 2.85. The molecule has 0 fully saturated rings. The lowest BCUT2D eigenvalue weighted by Gasteiger charge is -2.12. The van der Waals surface area contributed by atoms with Crippen molar-refractivity contribution in [2.24, 2.45) is 0 Å². The van der Waals surface area contributed by atoms with Crippen LogP contribution in [0.25, 0.3) is 11.3 Å². The molecule has 0 bridgehead atoms. The molecule has 160 valence electrons. The van der Waals surface area contributed by atoms with E-state index in [-0.39, 0.29) is 4.90 Å². The third-order valence-corrected chi connectivity index (χ3v) is 7.48. The average molecular weight is 458 g/mol. The van der Waals surface area contributed by atoms with Crippen LogP contribution >= 0.6 is 0 Å². The van der Waals surface area contributed by atoms with Crippen LogP contribution in [0.4, 0.5) is 13.2 Å². The van der Waals surface area contributed by atoms with Gasteiger partial charge >= 0.3 is 5.51 Å². The highest BCUT2D eigenvalue weighted by atomic mass is 32.2. The monoisotopic (exact) mass is 458 g/mol. The van der Waals surface area contributed by atoms with Gasteiger partial charge in [-0.3, -0.25) is 0 Å². The van der Waals surface area contributed by atoms with Gasteiger partial charge in [-0.25, -0.2) is 20.8 Å². The van der Waals surface area contributed by atoms with Crippen molar-refractivity contribution in [1.29, 1.82) is 0 Å². The highest BCUT2D eigenvalue weighted by molar-refractivity contribution is 7.92. The summed E-state index contributed by atoms with van der Waals surface area (Å²) in [5, 5.41) is 2.92. The second-order valence-corrected chi connectivity index (χ2v) is 10.1. The zero-order valence-corrected chi connectivity index (χ0v) is 17.2. The zero-order valence-electron chi connectivity index (χ0n) is 15.6. The first-order valence-electron chi connectivity index (χ1n) is 8.57. The van der Waals surface area contributed by atoms with Crippen LogP contribution in [0.3, 0.4) is 0 Å². The summed E-state index contributed by atoms with van der Waals surface area (Å²) in [6.45, 7) is 0.394. The summed E-state index contributed by atoms with van der Waals surface area (Å²) >= 11 is 0. The molecule has 0 spiro atoms. The van der Waals surface area contributed by atoms with Gasteiger partial charge < -0.3 is 5.32 Å². The maximum atomic E-state index is 13.2. The van der Waals surface area contributed by atoms with Crippen molar-refractivity contribution in [2.45, 2.75) is 21.8 Å². The van der Waals surface area contributed by atoms with Crippen molar-refractivity contribution in [3.05, 3.63) is 72.4 Å². The molecule has 0 saturated carbocycles. The first-order chi connectivity index (χ1) is 14.0. The largest absolute Gasteiger partial charge is 0.501 e. The number of alkyl halides is 3. The second kappa shape index (κ2) is 7.89. The standard InChI is InChI=1S/C19H17F3N2O4S2/c1-23-12-14-11-18(15-5-3-2-4-6-15)24(13-14)30(27,28)17-9-7-16(8-10-17)29(25,26)19(20,21)22/h2-11,13,23H,12H2,1H3. The molecule has 0 unspecified atom stereocenters. The number of benzene rings is 2. The summed E-state index contributed by atoms with van der Waals surface area (Å²) < 4.78 is 88.6. The minimum absolute atomic E-state index is 0.340. The molecule has 1 heterocycles. The molecule has 30 heavy (non-hydrogen) atoms. The summed E-state index contributed by atoms with van der Waals surface area (Å²) in [5.41, 5.74) is -3.81. The predicted molar refractivity (Wildman–Crippen MR) is 105 cm³/mol. The predicted octanol–water partition coefficient (Wildman–Crippen LogP) is 3.41. The maximum absolute atomic E-state index is 13.2. The summed E-state index contributed by atoms with van der Waals surface area (Å²) in [6, 6.07) is 13.4. The average Bonchev–Trinajstić information content (AvgIpc) is 3.13. The Morgan fingerprint density at radius 3 is 2.00 bits per heavy atom. The van der Waals surface area contributed by atoms with E-state index in [1.54, 1.807) is 43.4 Å². The summed E-state index contributed by atoms with van der Waals surface area (Å²) in [7, 11) is -8.07. The minimum atomic E-state index is -5.57. The summed E-state index contributed by atoms with van der Waals surface area (Å²) in [4.78, 5) is -1.37. The number of rotatable bonds is 6. The molecule has 3 aromatic rings. The van der Waals surface area contributed by atoms with Crippen LogP contribution in [-0.4, -0.2) is 33.4 Å². The van der Waals surface area contributed by atoms with Gasteiger partial charge in [0, 0.05) is 12.7 Å². The van der Waals surface area contributed by atoms with Gasteiger partial charge in [0.15, 0.2) is 0 Å². The highest BCUT2D eigenvalue weighted by Crippen LogP contribution is 2.32. The lowest BCUT2D eigenvalue weighted by atomic mass is 10.1. The van der Waals surface area contributed by atoms with E-state index in [4.69, 9.17) is 0 Å². The van der Waals surface area contributed by atoms with Gasteiger partial charge in [-0.05, 0) is 48.5 Å². The SMILES string of the molecule is CNCc1cc(-c2ccccc2)n(S(=O)(=O)c2ccc(S(=O)(=O)C(F)(F)F)cc2)c1. The van der Waals surface area contributed by atoms with E-state index in [1.165, 1.54) is 6.20 Å². The van der Waals surface area contributed by atoms with Gasteiger partial charge in [0.25, 0.3) is 19.9 Å². The van der Waals surface area contributed by atoms with E-state index in [0.29, 0.717) is 35.5 Å². The normalized spacial score (nSPS) is 12.8. The third-order valence-electron chi connectivity index (χ3n) is 4.29. The molecular formula is C19H17F3N2O4S2. The van der Waals surface area contributed by atoms with Crippen molar-refractivity contribution in [3.63, 3.8) is 0 Å². The minimum Gasteiger partial charge on any atom is -0.316 e. The molecule has 0 atom stereocenters. The van der Waals surface area contributed by atoms with Gasteiger partial charge in [-0.1, -0.05) is 30.3 Å². The van der Waals surface area contributed by atoms with Crippen LogP contribution < -0.4 is 5.32 Å². The molecule has 1 aromatic heterocycles. The van der Waals surface area contributed by atoms with Gasteiger partial charge in [0.05, 0.1) is 15.5 Å². The number of aromatic nitrogens is 1. The van der Waals surface area contributed by atoms with Crippen LogP contribution in [-0.2, 0) is 26.4 Å². The Bertz CT molecular complexity index is 1250. The van der Waals surface area contributed by atoms with Gasteiger partial charge in [-0.2, -0.15) is 13.2 Å². The van der Waals surface area contributed by atoms with E-state index in [1.807, 2.05) is 0 Å². The van der Waals surface area contributed by atoms with Crippen molar-refractivity contribution >= 4 is 19.9 Å². The Morgan fingerprint density at radius 2 is 1.47 bits per heavy atom. The zero-order chi connectivity index (χ0) is 22.2. The van der Waals surface area contributed by atoms with Crippen molar-refractivity contribution in [1.82, 2.24) is 9.29 Å². The van der Waals surface area contributed by atoms with Crippen LogP contribution in [0.15, 0.2) is 76.7 Å². The van der Waals surface area contributed by atoms with Gasteiger partial charge in [0.2, 0.25) is 0 Å². The molecule has 0 radical (unpaired) electrons. The number of nitrogens with zero attached hydrogens (tertiary/aromatic N) is 1. The third kappa shape index (κ3) is 4.00. The Balaban J connectivity index is 2.10. The number of nitrogens with one attached hydrogen (secondary N) is 1. The second-order valence-electron chi connectivity index (χ2n) is 6.35. The molecule has 0 aliphatic rings. The lowest BCUT2D eigenvalue weighted by Crippen LogP contribution is -2.23. The summed E-state index contributed by atoms with van der Waals surface area (Å²) in [5.74, 6) is 0. The van der Waals surface area contributed by atoms with E-state index in [0.717, 1.165) is 16.1 Å². The van der Waals surface area contributed by atoms with E-state index in [9.17, 15) is 30.0 Å². The van der Waals surface area contributed by atoms with Crippen LogP contribution in [0.1, 0.15) is 5.56 Å². The Hall–Kier alpha value is -2.63. The fourth-order valence-corrected chi connectivity index (χ4v) is 5.01. The van der Waals surface area contributed by atoms with Crippen molar-refractivity contribution in [2.75, 3.05) is 7.05 Å².